The highest BCUT2D eigenvalue weighted by molar-refractivity contribution is 7.21. The highest BCUT2D eigenvalue weighted by atomic mass is 32.1. The summed E-state index contributed by atoms with van der Waals surface area (Å²) in [7, 11) is 1.37. The van der Waals surface area contributed by atoms with Crippen LogP contribution in [0, 0.1) is 0 Å². The molecule has 128 valence electrons. The lowest BCUT2D eigenvalue weighted by Gasteiger charge is -2.23. The Morgan fingerprint density at radius 2 is 2.04 bits per heavy atom. The van der Waals surface area contributed by atoms with Crippen LogP contribution >= 0.6 is 11.3 Å². The smallest absolute Gasteiger partial charge is 0.374 e. The molecule has 0 bridgehead atoms. The Hall–Kier alpha value is -3.06. The number of pyridine rings is 1. The molecule has 26 heavy (non-hydrogen) atoms. The summed E-state index contributed by atoms with van der Waals surface area (Å²) in [5.41, 5.74) is 2.74. The first-order valence-electron chi connectivity index (χ1n) is 8.24. The fourth-order valence-electron chi connectivity index (χ4n) is 3.26. The van der Waals surface area contributed by atoms with Crippen LogP contribution in [0.4, 0.5) is 5.69 Å². The molecule has 0 spiro atoms. The van der Waals surface area contributed by atoms with Gasteiger partial charge in [0.25, 0.3) is 0 Å². The fraction of sp³-hybridized carbons (Fsp3) is 0.158. The van der Waals surface area contributed by atoms with Crippen LogP contribution in [-0.2, 0) is 9.53 Å². The van der Waals surface area contributed by atoms with E-state index in [0.29, 0.717) is 18.9 Å². The Morgan fingerprint density at radius 1 is 1.19 bits per heavy atom. The van der Waals surface area contributed by atoms with E-state index in [1.807, 2.05) is 47.4 Å². The predicted octanol–water partition coefficient (Wildman–Crippen LogP) is 3.24. The number of nitrogens with zero attached hydrogens (tertiary/aromatic N) is 4. The van der Waals surface area contributed by atoms with Gasteiger partial charge in [-0.05, 0) is 12.1 Å². The van der Waals surface area contributed by atoms with Gasteiger partial charge in [-0.1, -0.05) is 30.3 Å². The normalized spacial score (nSPS) is 15.3. The van der Waals surface area contributed by atoms with Crippen molar-refractivity contribution in [3.05, 3.63) is 47.3 Å². The first-order valence-corrected chi connectivity index (χ1v) is 9.06. The summed E-state index contributed by atoms with van der Waals surface area (Å²) in [6.45, 7) is 1.28. The summed E-state index contributed by atoms with van der Waals surface area (Å²) in [5, 5.41) is 0.931. The van der Waals surface area contributed by atoms with Crippen LogP contribution in [0.2, 0.25) is 0 Å². The Kier molecular flexibility index (Phi) is 3.36. The third kappa shape index (κ3) is 2.17. The molecule has 1 aromatic carbocycles. The number of amidine groups is 2. The van der Waals surface area contributed by atoms with Gasteiger partial charge in [0.05, 0.1) is 29.9 Å². The number of carbonyl (C=O) groups is 1. The average molecular weight is 362 g/mol. The van der Waals surface area contributed by atoms with Gasteiger partial charge in [-0.2, -0.15) is 0 Å². The van der Waals surface area contributed by atoms with E-state index in [4.69, 9.17) is 9.72 Å². The lowest BCUT2D eigenvalue weighted by atomic mass is 10.1. The number of esters is 1. The summed E-state index contributed by atoms with van der Waals surface area (Å²) in [5.74, 6) is 0.640. The van der Waals surface area contributed by atoms with Gasteiger partial charge >= 0.3 is 5.97 Å². The van der Waals surface area contributed by atoms with Gasteiger partial charge in [0, 0.05) is 17.5 Å². The van der Waals surface area contributed by atoms with Crippen molar-refractivity contribution in [2.75, 3.05) is 20.2 Å². The summed E-state index contributed by atoms with van der Waals surface area (Å²) < 4.78 is 4.90. The topological polar surface area (TPSA) is 67.1 Å². The highest BCUT2D eigenvalue weighted by Gasteiger charge is 2.36. The molecule has 0 aliphatic carbocycles. The summed E-state index contributed by atoms with van der Waals surface area (Å²) >= 11 is 1.56. The fourth-order valence-corrected chi connectivity index (χ4v) is 4.39. The van der Waals surface area contributed by atoms with Gasteiger partial charge < -0.3 is 9.64 Å². The standard InChI is InChI=1S/C19H14N4O2S/c1-25-19(24)17-22-14-12-7-8-13(11-5-3-2-4-6-11)21-18(12)26-15(14)16-20-9-10-23(16)17/h2-8H,9-10H2,1H3. The van der Waals surface area contributed by atoms with E-state index >= 15 is 0 Å². The van der Waals surface area contributed by atoms with Gasteiger partial charge in [0.1, 0.15) is 10.7 Å². The van der Waals surface area contributed by atoms with Crippen molar-refractivity contribution in [3.8, 4) is 11.3 Å². The van der Waals surface area contributed by atoms with Gasteiger partial charge in [0.2, 0.25) is 5.84 Å². The van der Waals surface area contributed by atoms with Crippen LogP contribution < -0.4 is 0 Å². The number of fused-ring (bicyclic) bond motifs is 5. The second kappa shape index (κ2) is 5.74. The molecule has 0 N–H and O–H groups in total. The molecule has 3 aromatic rings. The van der Waals surface area contributed by atoms with Crippen molar-refractivity contribution in [2.24, 2.45) is 9.98 Å². The summed E-state index contributed by atoms with van der Waals surface area (Å²) in [6.07, 6.45) is 0. The maximum absolute atomic E-state index is 12.2. The second-order valence-electron chi connectivity index (χ2n) is 5.98. The largest absolute Gasteiger partial charge is 0.463 e. The Balaban J connectivity index is 1.71. The molecule has 0 saturated carbocycles. The van der Waals surface area contributed by atoms with E-state index in [0.717, 1.165) is 37.9 Å². The number of hydrogen-bond acceptors (Lipinski definition) is 7. The molecule has 6 nitrogen and oxygen atoms in total. The number of hydrogen-bond donors (Lipinski definition) is 0. The molecule has 0 unspecified atom stereocenters. The number of methoxy groups -OCH3 is 1. The molecular formula is C19H14N4O2S. The number of rotatable bonds is 2. The minimum Gasteiger partial charge on any atom is -0.463 e. The molecule has 0 fully saturated rings. The predicted molar refractivity (Wildman–Crippen MR) is 102 cm³/mol. The van der Waals surface area contributed by atoms with Crippen molar-refractivity contribution < 1.29 is 9.53 Å². The van der Waals surface area contributed by atoms with E-state index in [-0.39, 0.29) is 0 Å². The van der Waals surface area contributed by atoms with E-state index in [2.05, 4.69) is 9.98 Å². The number of ether oxygens (including phenoxy) is 1. The maximum Gasteiger partial charge on any atom is 0.374 e. The number of thiophene rings is 1. The van der Waals surface area contributed by atoms with Crippen molar-refractivity contribution in [1.29, 1.82) is 0 Å². The Morgan fingerprint density at radius 3 is 2.85 bits per heavy atom. The summed E-state index contributed by atoms with van der Waals surface area (Å²) in [6, 6.07) is 14.1. The van der Waals surface area contributed by atoms with Crippen LogP contribution in [0.15, 0.2) is 52.4 Å². The van der Waals surface area contributed by atoms with E-state index in [9.17, 15) is 4.79 Å². The zero-order chi connectivity index (χ0) is 17.7. The monoisotopic (exact) mass is 362 g/mol. The molecule has 0 atom stereocenters. The minimum absolute atomic E-state index is 0.295. The average Bonchev–Trinajstić information content (AvgIpc) is 3.31. The van der Waals surface area contributed by atoms with Crippen LogP contribution in [0.5, 0.6) is 0 Å². The third-order valence-electron chi connectivity index (χ3n) is 4.48. The zero-order valence-corrected chi connectivity index (χ0v) is 14.8. The van der Waals surface area contributed by atoms with E-state index < -0.39 is 5.97 Å². The zero-order valence-electron chi connectivity index (χ0n) is 14.0. The quantitative estimate of drug-likeness (QED) is 0.657. The molecule has 2 aromatic heterocycles. The molecule has 4 heterocycles. The van der Waals surface area contributed by atoms with Crippen molar-refractivity contribution in [2.45, 2.75) is 0 Å². The molecular weight excluding hydrogens is 348 g/mol. The molecule has 5 rings (SSSR count). The first kappa shape index (κ1) is 15.2. The second-order valence-corrected chi connectivity index (χ2v) is 6.98. The lowest BCUT2D eigenvalue weighted by Crippen LogP contribution is -2.41. The van der Waals surface area contributed by atoms with Crippen LogP contribution in [-0.4, -0.2) is 47.7 Å². The van der Waals surface area contributed by atoms with Crippen molar-refractivity contribution >= 4 is 44.9 Å². The third-order valence-corrected chi connectivity index (χ3v) is 5.57. The Labute approximate surface area is 153 Å². The first-order chi connectivity index (χ1) is 12.8. The van der Waals surface area contributed by atoms with Crippen LogP contribution in [0.25, 0.3) is 21.5 Å². The van der Waals surface area contributed by atoms with Crippen molar-refractivity contribution in [1.82, 2.24) is 9.88 Å². The van der Waals surface area contributed by atoms with Gasteiger partial charge in [0.15, 0.2) is 0 Å². The van der Waals surface area contributed by atoms with E-state index in [1.54, 1.807) is 11.3 Å². The Bertz CT molecular complexity index is 1100. The molecule has 0 radical (unpaired) electrons. The maximum atomic E-state index is 12.2. The number of benzene rings is 1. The van der Waals surface area contributed by atoms with Crippen LogP contribution in [0.1, 0.15) is 4.88 Å². The van der Waals surface area contributed by atoms with Crippen molar-refractivity contribution in [3.63, 3.8) is 0 Å². The number of aliphatic imine (C=N–C) groups is 2. The SMILES string of the molecule is COC(=O)C1=Nc2c(sc3nc(-c4ccccc4)ccc23)C2=NCCN12. The summed E-state index contributed by atoms with van der Waals surface area (Å²) in [4.78, 5) is 29.8. The number of carbonyl (C=O) groups excluding carboxylic acids is 1. The van der Waals surface area contributed by atoms with Gasteiger partial charge in [-0.3, -0.25) is 4.99 Å². The van der Waals surface area contributed by atoms with Gasteiger partial charge in [-0.25, -0.2) is 14.8 Å². The van der Waals surface area contributed by atoms with E-state index in [1.165, 1.54) is 7.11 Å². The van der Waals surface area contributed by atoms with Gasteiger partial charge in [-0.15, -0.1) is 11.3 Å². The minimum atomic E-state index is -0.446. The molecule has 2 aliphatic heterocycles. The molecule has 0 amide bonds. The van der Waals surface area contributed by atoms with Crippen LogP contribution in [0.3, 0.4) is 0 Å². The molecule has 0 saturated heterocycles. The highest BCUT2D eigenvalue weighted by Crippen LogP contribution is 2.42. The number of aromatic nitrogens is 1. The lowest BCUT2D eigenvalue weighted by molar-refractivity contribution is -0.133. The molecule has 2 aliphatic rings. The molecule has 7 heteroatoms.